The van der Waals surface area contributed by atoms with Gasteiger partial charge >= 0.3 is 5.69 Å². The van der Waals surface area contributed by atoms with Crippen molar-refractivity contribution in [3.8, 4) is 0 Å². The molecule has 2 rings (SSSR count). The standard InChI is InChI=1S/C19H24ClN5O4/c1-4-9-25-17(21)16(18(28)24(3)19(25)29)14(26)10-23(2)11-15(27)22-13-7-5-12(20)6-8-13/h5-8H,4,9-11,21H2,1-3H3,(H,22,27)/p+1. The smallest absolute Gasteiger partial charge is 0.332 e. The molecule has 0 aliphatic heterocycles. The van der Waals surface area contributed by atoms with E-state index in [0.717, 1.165) is 4.57 Å². The van der Waals surface area contributed by atoms with Crippen LogP contribution in [-0.4, -0.2) is 41.0 Å². The molecule has 9 nitrogen and oxygen atoms in total. The number of Topliss-reactive ketones (excluding diaryl/α,β-unsaturated/α-hetero) is 1. The van der Waals surface area contributed by atoms with Crippen molar-refractivity contribution in [1.82, 2.24) is 9.13 Å². The molecule has 0 aliphatic rings. The van der Waals surface area contributed by atoms with Crippen LogP contribution in [0, 0.1) is 0 Å². The topological polar surface area (TPSA) is 121 Å². The van der Waals surface area contributed by atoms with Crippen LogP contribution in [0.1, 0.15) is 23.7 Å². The van der Waals surface area contributed by atoms with Gasteiger partial charge in [0, 0.05) is 24.3 Å². The minimum atomic E-state index is -0.733. The van der Waals surface area contributed by atoms with Gasteiger partial charge in [0.2, 0.25) is 5.78 Å². The average molecular weight is 423 g/mol. The van der Waals surface area contributed by atoms with Crippen molar-refractivity contribution >= 4 is 34.8 Å². The lowest BCUT2D eigenvalue weighted by atomic mass is 10.1. The summed E-state index contributed by atoms with van der Waals surface area (Å²) in [6, 6.07) is 6.65. The molecule has 10 heteroatoms. The average Bonchev–Trinajstić information content (AvgIpc) is 2.65. The van der Waals surface area contributed by atoms with E-state index >= 15 is 0 Å². The SMILES string of the molecule is CCCn1c(N)c(C(=O)C[NH+](C)CC(=O)Nc2ccc(Cl)cc2)c(=O)n(C)c1=O. The lowest BCUT2D eigenvalue weighted by Crippen LogP contribution is -3.11. The Kier molecular flexibility index (Phi) is 7.35. The number of nitrogens with one attached hydrogen (secondary N) is 2. The minimum Gasteiger partial charge on any atom is -0.384 e. The largest absolute Gasteiger partial charge is 0.384 e. The number of carbonyl (C=O) groups excluding carboxylic acids is 2. The van der Waals surface area contributed by atoms with E-state index in [1.807, 2.05) is 6.92 Å². The van der Waals surface area contributed by atoms with Crippen LogP contribution >= 0.6 is 11.6 Å². The highest BCUT2D eigenvalue weighted by atomic mass is 35.5. The van der Waals surface area contributed by atoms with Crippen molar-refractivity contribution in [3.63, 3.8) is 0 Å². The van der Waals surface area contributed by atoms with Gasteiger partial charge in [-0.3, -0.25) is 23.5 Å². The third-order valence-corrected chi connectivity index (χ3v) is 4.61. The lowest BCUT2D eigenvalue weighted by Gasteiger charge is -2.16. The summed E-state index contributed by atoms with van der Waals surface area (Å²) in [7, 11) is 2.96. The van der Waals surface area contributed by atoms with Crippen molar-refractivity contribution in [1.29, 1.82) is 0 Å². The Bertz CT molecular complexity index is 1030. The molecule has 0 saturated carbocycles. The number of rotatable bonds is 8. The Morgan fingerprint density at radius 3 is 2.38 bits per heavy atom. The van der Waals surface area contributed by atoms with Gasteiger partial charge in [0.1, 0.15) is 17.9 Å². The maximum Gasteiger partial charge on any atom is 0.332 e. The number of hydrogen-bond acceptors (Lipinski definition) is 5. The second-order valence-electron chi connectivity index (χ2n) is 6.85. The van der Waals surface area contributed by atoms with E-state index in [2.05, 4.69) is 5.32 Å². The number of anilines is 2. The summed E-state index contributed by atoms with van der Waals surface area (Å²) in [5, 5.41) is 3.27. The first-order valence-corrected chi connectivity index (χ1v) is 9.52. The molecular formula is C19H25ClN5O4+. The first kappa shape index (κ1) is 22.4. The Labute approximate surface area is 172 Å². The summed E-state index contributed by atoms with van der Waals surface area (Å²) in [5.74, 6) is -0.956. The minimum absolute atomic E-state index is 0.00316. The Morgan fingerprint density at radius 1 is 1.17 bits per heavy atom. The van der Waals surface area contributed by atoms with Crippen LogP contribution in [0.15, 0.2) is 33.9 Å². The number of benzene rings is 1. The van der Waals surface area contributed by atoms with Gasteiger partial charge in [0.15, 0.2) is 6.54 Å². The number of aromatic nitrogens is 2. The molecule has 0 spiro atoms. The summed E-state index contributed by atoms with van der Waals surface area (Å²) in [4.78, 5) is 50.1. The van der Waals surface area contributed by atoms with Gasteiger partial charge in [0.25, 0.3) is 11.5 Å². The number of carbonyl (C=O) groups is 2. The molecule has 1 aromatic heterocycles. The van der Waals surface area contributed by atoms with E-state index < -0.39 is 17.0 Å². The van der Waals surface area contributed by atoms with Crippen molar-refractivity contribution in [2.45, 2.75) is 19.9 Å². The van der Waals surface area contributed by atoms with Crippen LogP contribution < -0.4 is 27.2 Å². The molecular weight excluding hydrogens is 398 g/mol. The fraction of sp³-hybridized carbons (Fsp3) is 0.368. The van der Waals surface area contributed by atoms with Crippen molar-refractivity contribution in [2.24, 2.45) is 7.05 Å². The zero-order valence-electron chi connectivity index (χ0n) is 16.6. The molecule has 0 saturated heterocycles. The molecule has 0 radical (unpaired) electrons. The Balaban J connectivity index is 2.13. The molecule has 1 aromatic carbocycles. The van der Waals surface area contributed by atoms with E-state index in [9.17, 15) is 19.2 Å². The number of likely N-dealkylation sites (N-methyl/N-ethyl adjacent to an activating group) is 1. The lowest BCUT2D eigenvalue weighted by molar-refractivity contribution is -0.861. The third kappa shape index (κ3) is 5.33. The summed E-state index contributed by atoms with van der Waals surface area (Å²) in [5.41, 5.74) is 5.03. The van der Waals surface area contributed by atoms with Crippen molar-refractivity contribution < 1.29 is 14.5 Å². The molecule has 0 aliphatic carbocycles. The number of halogens is 1. The van der Waals surface area contributed by atoms with Crippen LogP contribution in [0.25, 0.3) is 0 Å². The van der Waals surface area contributed by atoms with Crippen LogP contribution in [0.4, 0.5) is 11.5 Å². The molecule has 0 bridgehead atoms. The molecule has 156 valence electrons. The van der Waals surface area contributed by atoms with Crippen LogP contribution in [-0.2, 0) is 18.4 Å². The summed E-state index contributed by atoms with van der Waals surface area (Å²) < 4.78 is 2.10. The predicted molar refractivity (Wildman–Crippen MR) is 112 cm³/mol. The molecule has 2 aromatic rings. The van der Waals surface area contributed by atoms with Gasteiger partial charge in [0.05, 0.1) is 7.05 Å². The second kappa shape index (κ2) is 9.53. The van der Waals surface area contributed by atoms with E-state index in [-0.39, 0.29) is 30.4 Å². The predicted octanol–water partition coefficient (Wildman–Crippen LogP) is -0.471. The molecule has 0 fully saturated rings. The first-order valence-electron chi connectivity index (χ1n) is 9.14. The molecule has 29 heavy (non-hydrogen) atoms. The van der Waals surface area contributed by atoms with Crippen LogP contribution in [0.2, 0.25) is 5.02 Å². The van der Waals surface area contributed by atoms with Gasteiger partial charge in [-0.25, -0.2) is 4.79 Å². The van der Waals surface area contributed by atoms with Crippen molar-refractivity contribution in [2.75, 3.05) is 31.2 Å². The highest BCUT2D eigenvalue weighted by molar-refractivity contribution is 6.30. The fourth-order valence-corrected chi connectivity index (χ4v) is 3.05. The normalized spacial score (nSPS) is 11.9. The quantitative estimate of drug-likeness (QED) is 0.496. The maximum absolute atomic E-state index is 12.7. The zero-order valence-corrected chi connectivity index (χ0v) is 17.4. The van der Waals surface area contributed by atoms with Gasteiger partial charge in [-0.2, -0.15) is 0 Å². The Hall–Kier alpha value is -2.91. The third-order valence-electron chi connectivity index (χ3n) is 4.36. The number of amides is 1. The number of quaternary nitrogens is 1. The van der Waals surface area contributed by atoms with E-state index in [0.29, 0.717) is 28.6 Å². The second-order valence-corrected chi connectivity index (χ2v) is 7.28. The van der Waals surface area contributed by atoms with Gasteiger partial charge < -0.3 is 16.0 Å². The van der Waals surface area contributed by atoms with Gasteiger partial charge in [-0.1, -0.05) is 18.5 Å². The van der Waals surface area contributed by atoms with E-state index in [1.54, 1.807) is 31.3 Å². The summed E-state index contributed by atoms with van der Waals surface area (Å²) in [6.07, 6.45) is 0.617. The number of nitrogens with two attached hydrogens (primary N) is 1. The highest BCUT2D eigenvalue weighted by Gasteiger charge is 2.24. The number of nitrogens with zero attached hydrogens (tertiary/aromatic N) is 2. The maximum atomic E-state index is 12.7. The molecule has 1 heterocycles. The summed E-state index contributed by atoms with van der Waals surface area (Å²) >= 11 is 5.81. The van der Waals surface area contributed by atoms with E-state index in [4.69, 9.17) is 17.3 Å². The molecule has 1 amide bonds. The monoisotopic (exact) mass is 422 g/mol. The zero-order chi connectivity index (χ0) is 21.7. The highest BCUT2D eigenvalue weighted by Crippen LogP contribution is 2.13. The molecule has 4 N–H and O–H groups in total. The Morgan fingerprint density at radius 2 is 1.79 bits per heavy atom. The van der Waals surface area contributed by atoms with Crippen LogP contribution in [0.5, 0.6) is 0 Å². The van der Waals surface area contributed by atoms with Gasteiger partial charge in [-0.15, -0.1) is 0 Å². The fourth-order valence-electron chi connectivity index (χ4n) is 2.92. The van der Waals surface area contributed by atoms with Gasteiger partial charge in [-0.05, 0) is 30.7 Å². The molecule has 1 atom stereocenters. The number of hydrogen-bond donors (Lipinski definition) is 3. The molecule has 1 unspecified atom stereocenters. The summed E-state index contributed by atoms with van der Waals surface area (Å²) in [6.45, 7) is 2.03. The van der Waals surface area contributed by atoms with Crippen molar-refractivity contribution in [3.05, 3.63) is 55.7 Å². The number of ketones is 1. The number of nitrogen functional groups attached to an aromatic ring is 1. The first-order chi connectivity index (χ1) is 13.6. The van der Waals surface area contributed by atoms with Crippen LogP contribution in [0.3, 0.4) is 0 Å². The van der Waals surface area contributed by atoms with E-state index in [1.165, 1.54) is 11.6 Å².